The first-order valence-corrected chi connectivity index (χ1v) is 9.47. The summed E-state index contributed by atoms with van der Waals surface area (Å²) in [5.74, 6) is 0.996. The summed E-state index contributed by atoms with van der Waals surface area (Å²) in [5, 5.41) is 0. The van der Waals surface area contributed by atoms with Crippen LogP contribution in [0.2, 0.25) is 0 Å². The highest BCUT2D eigenvalue weighted by Gasteiger charge is 2.49. The minimum atomic E-state index is -0.131. The molecule has 1 saturated carbocycles. The van der Waals surface area contributed by atoms with Gasteiger partial charge in [0.2, 0.25) is 11.8 Å². The number of hydrogen-bond donors (Lipinski definition) is 0. The van der Waals surface area contributed by atoms with Crippen LogP contribution in [-0.4, -0.2) is 48.8 Å². The standard InChI is InChI=1S/C19H34N2O2/c1-5-16(15-10-7-6-8-11-15)17-14(2)18(22)21(19(17)23)13-9-12-20(3)4/h14-17H,5-13H2,1-4H3. The van der Waals surface area contributed by atoms with Crippen molar-refractivity contribution >= 4 is 11.8 Å². The van der Waals surface area contributed by atoms with Gasteiger partial charge in [0, 0.05) is 12.5 Å². The van der Waals surface area contributed by atoms with Crippen LogP contribution in [0.1, 0.15) is 58.8 Å². The van der Waals surface area contributed by atoms with Crippen molar-refractivity contribution < 1.29 is 9.59 Å². The highest BCUT2D eigenvalue weighted by molar-refractivity contribution is 6.05. The number of hydrogen-bond acceptors (Lipinski definition) is 3. The minimum absolute atomic E-state index is 0.0630. The molecule has 1 saturated heterocycles. The molecule has 23 heavy (non-hydrogen) atoms. The van der Waals surface area contributed by atoms with Crippen LogP contribution in [0.25, 0.3) is 0 Å². The predicted molar refractivity (Wildman–Crippen MR) is 92.9 cm³/mol. The number of carbonyl (C=O) groups excluding carboxylic acids is 2. The van der Waals surface area contributed by atoms with E-state index in [9.17, 15) is 9.59 Å². The molecule has 4 heteroatoms. The largest absolute Gasteiger partial charge is 0.309 e. The van der Waals surface area contributed by atoms with E-state index in [2.05, 4.69) is 11.8 Å². The monoisotopic (exact) mass is 322 g/mol. The molecule has 1 heterocycles. The lowest BCUT2D eigenvalue weighted by molar-refractivity contribution is -0.140. The summed E-state index contributed by atoms with van der Waals surface area (Å²) in [6, 6.07) is 0. The Morgan fingerprint density at radius 1 is 1.13 bits per heavy atom. The highest BCUT2D eigenvalue weighted by atomic mass is 16.2. The molecular formula is C19H34N2O2. The molecule has 4 nitrogen and oxygen atoms in total. The second-order valence-electron chi connectivity index (χ2n) is 7.77. The molecule has 2 amide bonds. The smallest absolute Gasteiger partial charge is 0.233 e. The Balaban J connectivity index is 2.05. The van der Waals surface area contributed by atoms with E-state index >= 15 is 0 Å². The Morgan fingerprint density at radius 2 is 1.78 bits per heavy atom. The Kier molecular flexibility index (Phi) is 6.63. The van der Waals surface area contributed by atoms with E-state index in [1.54, 1.807) is 4.90 Å². The number of imide groups is 1. The van der Waals surface area contributed by atoms with Crippen LogP contribution in [0.4, 0.5) is 0 Å². The number of amides is 2. The summed E-state index contributed by atoms with van der Waals surface area (Å²) in [6.07, 6.45) is 8.27. The van der Waals surface area contributed by atoms with Crippen molar-refractivity contribution in [3.8, 4) is 0 Å². The van der Waals surface area contributed by atoms with E-state index in [4.69, 9.17) is 0 Å². The first-order chi connectivity index (χ1) is 11.0. The van der Waals surface area contributed by atoms with Gasteiger partial charge in [0.15, 0.2) is 0 Å². The Bertz CT molecular complexity index is 416. The first-order valence-electron chi connectivity index (χ1n) is 9.47. The number of likely N-dealkylation sites (tertiary alicyclic amines) is 1. The van der Waals surface area contributed by atoms with E-state index in [1.165, 1.54) is 32.1 Å². The molecule has 0 spiro atoms. The third kappa shape index (κ3) is 4.14. The van der Waals surface area contributed by atoms with Crippen LogP contribution in [0, 0.1) is 23.7 Å². The van der Waals surface area contributed by atoms with Crippen molar-refractivity contribution in [2.45, 2.75) is 58.8 Å². The van der Waals surface area contributed by atoms with Crippen LogP contribution in [0.15, 0.2) is 0 Å². The summed E-state index contributed by atoms with van der Waals surface area (Å²) in [4.78, 5) is 29.2. The van der Waals surface area contributed by atoms with Gasteiger partial charge in [0.05, 0.1) is 5.92 Å². The first kappa shape index (κ1) is 18.4. The predicted octanol–water partition coefficient (Wildman–Crippen LogP) is 3.17. The maximum absolute atomic E-state index is 12.9. The molecule has 0 aromatic rings. The van der Waals surface area contributed by atoms with Gasteiger partial charge in [-0.05, 0) is 38.9 Å². The summed E-state index contributed by atoms with van der Waals surface area (Å²) >= 11 is 0. The lowest BCUT2D eigenvalue weighted by Crippen LogP contribution is -2.36. The molecule has 2 fully saturated rings. The quantitative estimate of drug-likeness (QED) is 0.676. The Labute approximate surface area is 141 Å². The third-order valence-electron chi connectivity index (χ3n) is 5.92. The maximum Gasteiger partial charge on any atom is 0.233 e. The van der Waals surface area contributed by atoms with Gasteiger partial charge in [0.25, 0.3) is 0 Å². The van der Waals surface area contributed by atoms with Crippen LogP contribution >= 0.6 is 0 Å². The van der Waals surface area contributed by atoms with Crippen LogP contribution < -0.4 is 0 Å². The summed E-state index contributed by atoms with van der Waals surface area (Å²) in [7, 11) is 4.05. The van der Waals surface area contributed by atoms with Gasteiger partial charge in [-0.3, -0.25) is 14.5 Å². The summed E-state index contributed by atoms with van der Waals surface area (Å²) < 4.78 is 0. The fourth-order valence-electron chi connectivity index (χ4n) is 4.66. The fraction of sp³-hybridized carbons (Fsp3) is 0.895. The fourth-order valence-corrected chi connectivity index (χ4v) is 4.66. The van der Waals surface area contributed by atoms with E-state index in [0.29, 0.717) is 18.4 Å². The lowest BCUT2D eigenvalue weighted by atomic mass is 9.70. The van der Waals surface area contributed by atoms with Gasteiger partial charge in [-0.25, -0.2) is 0 Å². The van der Waals surface area contributed by atoms with E-state index in [1.807, 2.05) is 21.0 Å². The van der Waals surface area contributed by atoms with Crippen molar-refractivity contribution in [3.05, 3.63) is 0 Å². The molecule has 0 bridgehead atoms. The number of carbonyl (C=O) groups is 2. The molecular weight excluding hydrogens is 288 g/mol. The molecule has 0 N–H and O–H groups in total. The number of nitrogens with zero attached hydrogens (tertiary/aromatic N) is 2. The van der Waals surface area contributed by atoms with Crippen molar-refractivity contribution in [2.75, 3.05) is 27.2 Å². The highest BCUT2D eigenvalue weighted by Crippen LogP contribution is 2.42. The van der Waals surface area contributed by atoms with Gasteiger partial charge < -0.3 is 4.90 Å². The molecule has 1 aliphatic carbocycles. The molecule has 2 rings (SSSR count). The molecule has 2 aliphatic rings. The van der Waals surface area contributed by atoms with Crippen LogP contribution in [0.3, 0.4) is 0 Å². The van der Waals surface area contributed by atoms with Gasteiger partial charge in [-0.1, -0.05) is 52.4 Å². The second kappa shape index (κ2) is 8.27. The van der Waals surface area contributed by atoms with E-state index < -0.39 is 0 Å². The minimum Gasteiger partial charge on any atom is -0.309 e. The topological polar surface area (TPSA) is 40.6 Å². The van der Waals surface area contributed by atoms with Gasteiger partial charge in [-0.2, -0.15) is 0 Å². The maximum atomic E-state index is 12.9. The molecule has 132 valence electrons. The summed E-state index contributed by atoms with van der Waals surface area (Å²) in [5.41, 5.74) is 0. The van der Waals surface area contributed by atoms with E-state index in [-0.39, 0.29) is 23.7 Å². The van der Waals surface area contributed by atoms with Crippen LogP contribution in [-0.2, 0) is 9.59 Å². The molecule has 3 atom stereocenters. The zero-order valence-corrected chi connectivity index (χ0v) is 15.4. The van der Waals surface area contributed by atoms with Crippen molar-refractivity contribution in [2.24, 2.45) is 23.7 Å². The number of rotatable bonds is 7. The lowest BCUT2D eigenvalue weighted by Gasteiger charge is -2.33. The Morgan fingerprint density at radius 3 is 2.35 bits per heavy atom. The normalized spacial score (nSPS) is 28.0. The average Bonchev–Trinajstić information content (AvgIpc) is 2.74. The summed E-state index contributed by atoms with van der Waals surface area (Å²) in [6.45, 7) is 5.66. The zero-order chi connectivity index (χ0) is 17.0. The molecule has 1 aliphatic heterocycles. The van der Waals surface area contributed by atoms with E-state index in [0.717, 1.165) is 19.4 Å². The molecule has 0 radical (unpaired) electrons. The van der Waals surface area contributed by atoms with Crippen molar-refractivity contribution in [1.29, 1.82) is 0 Å². The van der Waals surface area contributed by atoms with Crippen molar-refractivity contribution in [1.82, 2.24) is 9.80 Å². The molecule has 3 unspecified atom stereocenters. The second-order valence-corrected chi connectivity index (χ2v) is 7.77. The van der Waals surface area contributed by atoms with Gasteiger partial charge >= 0.3 is 0 Å². The van der Waals surface area contributed by atoms with Crippen LogP contribution in [0.5, 0.6) is 0 Å². The third-order valence-corrected chi connectivity index (χ3v) is 5.92. The zero-order valence-electron chi connectivity index (χ0n) is 15.4. The Hall–Kier alpha value is -0.900. The average molecular weight is 322 g/mol. The molecule has 0 aromatic heterocycles. The van der Waals surface area contributed by atoms with Gasteiger partial charge in [0.1, 0.15) is 0 Å². The van der Waals surface area contributed by atoms with Crippen molar-refractivity contribution in [3.63, 3.8) is 0 Å². The molecule has 0 aromatic carbocycles. The SMILES string of the molecule is CCC(C1CCCCC1)C1C(=O)N(CCCN(C)C)C(=O)C1C. The van der Waals surface area contributed by atoms with Gasteiger partial charge in [-0.15, -0.1) is 0 Å².